The Labute approximate surface area is 171 Å². The van der Waals surface area contributed by atoms with Crippen molar-refractivity contribution in [1.29, 1.82) is 0 Å². The van der Waals surface area contributed by atoms with Gasteiger partial charge in [-0.3, -0.25) is 4.79 Å². The van der Waals surface area contributed by atoms with E-state index in [1.807, 2.05) is 0 Å². The number of likely N-dealkylation sites (tertiary alicyclic amines) is 1. The van der Waals surface area contributed by atoms with Crippen LogP contribution < -0.4 is 4.90 Å². The van der Waals surface area contributed by atoms with Gasteiger partial charge in [-0.2, -0.15) is 0 Å². The minimum atomic E-state index is 0.337. The minimum Gasteiger partial charge on any atom is -0.370 e. The second kappa shape index (κ2) is 7.82. The van der Waals surface area contributed by atoms with Gasteiger partial charge in [-0.25, -0.2) is 0 Å². The lowest BCUT2D eigenvalue weighted by Crippen LogP contribution is -2.62. The number of hydrogen-bond donors (Lipinski definition) is 0. The Hall–Kier alpha value is -1.35. The van der Waals surface area contributed by atoms with Gasteiger partial charge in [0.25, 0.3) is 0 Å². The lowest BCUT2D eigenvalue weighted by atomic mass is 9.56. The maximum Gasteiger partial charge on any atom is 0.136 e. The Bertz CT molecular complexity index is 671. The van der Waals surface area contributed by atoms with Crippen LogP contribution in [0.2, 0.25) is 0 Å². The second-order valence-corrected chi connectivity index (χ2v) is 10.5. The fourth-order valence-electron chi connectivity index (χ4n) is 5.77. The molecule has 0 bridgehead atoms. The molecule has 2 saturated heterocycles. The summed E-state index contributed by atoms with van der Waals surface area (Å²) in [5, 5.41) is 0. The van der Waals surface area contributed by atoms with Crippen molar-refractivity contribution in [2.45, 2.75) is 71.8 Å². The first-order valence-electron chi connectivity index (χ1n) is 11.5. The second-order valence-electron chi connectivity index (χ2n) is 10.5. The van der Waals surface area contributed by atoms with Gasteiger partial charge in [-0.1, -0.05) is 26.0 Å². The zero-order chi connectivity index (χ0) is 19.9. The van der Waals surface area contributed by atoms with E-state index in [0.29, 0.717) is 35.0 Å². The summed E-state index contributed by atoms with van der Waals surface area (Å²) in [4.78, 5) is 17.8. The molecule has 1 spiro atoms. The third kappa shape index (κ3) is 4.01. The zero-order valence-electron chi connectivity index (χ0n) is 18.3. The summed E-state index contributed by atoms with van der Waals surface area (Å²) >= 11 is 0. The Kier molecular flexibility index (Phi) is 5.57. The van der Waals surface area contributed by atoms with Crippen molar-refractivity contribution in [3.05, 3.63) is 29.8 Å². The third-order valence-corrected chi connectivity index (χ3v) is 7.63. The molecule has 0 unspecified atom stereocenters. The number of rotatable bonds is 6. The average Bonchev–Trinajstić information content (AvgIpc) is 2.62. The van der Waals surface area contributed by atoms with Crippen molar-refractivity contribution in [1.82, 2.24) is 4.90 Å². The van der Waals surface area contributed by atoms with Crippen LogP contribution in [-0.4, -0.2) is 42.9 Å². The van der Waals surface area contributed by atoms with Crippen LogP contribution in [0.1, 0.15) is 71.3 Å². The van der Waals surface area contributed by atoms with E-state index in [-0.39, 0.29) is 0 Å². The van der Waals surface area contributed by atoms with Gasteiger partial charge < -0.3 is 9.80 Å². The number of Topliss-reactive ketones (excluding diaryl/α,β-unsaturated/α-hetero) is 1. The van der Waals surface area contributed by atoms with Crippen LogP contribution >= 0.6 is 0 Å². The Morgan fingerprint density at radius 2 is 1.64 bits per heavy atom. The summed E-state index contributed by atoms with van der Waals surface area (Å²) in [6, 6.07) is 9.73. The van der Waals surface area contributed by atoms with E-state index in [4.69, 9.17) is 0 Å². The number of carbonyl (C=O) groups excluding carboxylic acids is 1. The van der Waals surface area contributed by atoms with Crippen molar-refractivity contribution in [3.63, 3.8) is 0 Å². The van der Waals surface area contributed by atoms with Crippen LogP contribution in [0.15, 0.2) is 24.3 Å². The van der Waals surface area contributed by atoms with Gasteiger partial charge in [0.1, 0.15) is 5.78 Å². The summed E-state index contributed by atoms with van der Waals surface area (Å²) in [7, 11) is 0. The maximum atomic E-state index is 12.7. The predicted molar refractivity (Wildman–Crippen MR) is 117 cm³/mol. The van der Waals surface area contributed by atoms with Gasteiger partial charge >= 0.3 is 0 Å². The highest BCUT2D eigenvalue weighted by Gasteiger charge is 2.52. The number of benzene rings is 1. The Morgan fingerprint density at radius 3 is 2.18 bits per heavy atom. The molecule has 3 nitrogen and oxygen atoms in total. The predicted octanol–water partition coefficient (Wildman–Crippen LogP) is 5.11. The largest absolute Gasteiger partial charge is 0.370 e. The van der Waals surface area contributed by atoms with Crippen LogP contribution in [0.4, 0.5) is 5.69 Å². The highest BCUT2D eigenvalue weighted by Crippen LogP contribution is 2.54. The van der Waals surface area contributed by atoms with Crippen molar-refractivity contribution in [2.75, 3.05) is 31.1 Å². The topological polar surface area (TPSA) is 23.6 Å². The summed E-state index contributed by atoms with van der Waals surface area (Å²) < 4.78 is 0. The molecule has 3 aliphatic rings. The van der Waals surface area contributed by atoms with E-state index in [2.05, 4.69) is 61.8 Å². The third-order valence-electron chi connectivity index (χ3n) is 7.63. The van der Waals surface area contributed by atoms with E-state index in [1.54, 1.807) is 0 Å². The molecular weight excluding hydrogens is 344 g/mol. The molecule has 0 aromatic heterocycles. The Morgan fingerprint density at radius 1 is 1.04 bits per heavy atom. The molecule has 1 aromatic rings. The highest BCUT2D eigenvalue weighted by molar-refractivity contribution is 5.81. The van der Waals surface area contributed by atoms with Gasteiger partial charge in [0.2, 0.25) is 0 Å². The molecule has 1 aliphatic carbocycles. The van der Waals surface area contributed by atoms with Crippen LogP contribution in [0.25, 0.3) is 0 Å². The normalized spacial score (nSPS) is 23.3. The molecule has 0 N–H and O–H groups in total. The molecule has 0 atom stereocenters. The molecule has 154 valence electrons. The molecule has 2 aliphatic heterocycles. The van der Waals surface area contributed by atoms with E-state index in [0.717, 1.165) is 32.4 Å². The smallest absolute Gasteiger partial charge is 0.136 e. The number of nitrogens with zero attached hydrogens (tertiary/aromatic N) is 2. The van der Waals surface area contributed by atoms with Crippen LogP contribution in [0.5, 0.6) is 0 Å². The molecular formula is C25H38N2O. The highest BCUT2D eigenvalue weighted by atomic mass is 16.1. The SMILES string of the molecule is CC(C)c1ccc(N2CC3(CC(CC(=O)C4CCN(C(C)C)CC4)C3)C2)cc1. The molecule has 1 aromatic carbocycles. The van der Waals surface area contributed by atoms with Gasteiger partial charge in [0.15, 0.2) is 0 Å². The van der Waals surface area contributed by atoms with E-state index in [1.165, 1.54) is 37.2 Å². The molecule has 3 heteroatoms. The monoisotopic (exact) mass is 382 g/mol. The average molecular weight is 383 g/mol. The molecule has 3 fully saturated rings. The quantitative estimate of drug-likeness (QED) is 0.683. The number of piperidine rings is 1. The maximum absolute atomic E-state index is 12.7. The summed E-state index contributed by atoms with van der Waals surface area (Å²) in [5.41, 5.74) is 3.30. The molecule has 0 radical (unpaired) electrons. The van der Waals surface area contributed by atoms with E-state index in [9.17, 15) is 4.79 Å². The van der Waals surface area contributed by atoms with Crippen LogP contribution in [-0.2, 0) is 4.79 Å². The van der Waals surface area contributed by atoms with Gasteiger partial charge in [0, 0.05) is 42.6 Å². The van der Waals surface area contributed by atoms with Crippen LogP contribution in [0.3, 0.4) is 0 Å². The number of ketones is 1. The summed E-state index contributed by atoms with van der Waals surface area (Å²) in [6.45, 7) is 13.6. The molecule has 2 heterocycles. The molecule has 1 saturated carbocycles. The lowest BCUT2D eigenvalue weighted by Gasteiger charge is -2.60. The first-order valence-corrected chi connectivity index (χ1v) is 11.5. The van der Waals surface area contributed by atoms with Crippen molar-refractivity contribution < 1.29 is 4.79 Å². The first-order chi connectivity index (χ1) is 13.3. The van der Waals surface area contributed by atoms with Crippen molar-refractivity contribution in [2.24, 2.45) is 17.3 Å². The lowest BCUT2D eigenvalue weighted by molar-refractivity contribution is -0.127. The molecule has 0 amide bonds. The van der Waals surface area contributed by atoms with Gasteiger partial charge in [-0.15, -0.1) is 0 Å². The van der Waals surface area contributed by atoms with Crippen LogP contribution in [0, 0.1) is 17.3 Å². The fourth-order valence-corrected chi connectivity index (χ4v) is 5.77. The van der Waals surface area contributed by atoms with Crippen molar-refractivity contribution in [3.8, 4) is 0 Å². The number of anilines is 1. The van der Waals surface area contributed by atoms with Crippen molar-refractivity contribution >= 4 is 11.5 Å². The van der Waals surface area contributed by atoms with Gasteiger partial charge in [0.05, 0.1) is 0 Å². The van der Waals surface area contributed by atoms with E-state index < -0.39 is 0 Å². The van der Waals surface area contributed by atoms with Gasteiger partial charge in [-0.05, 0) is 82.2 Å². The fraction of sp³-hybridized carbons (Fsp3) is 0.720. The summed E-state index contributed by atoms with van der Waals surface area (Å²) in [5.74, 6) is 2.15. The Balaban J connectivity index is 1.19. The number of hydrogen-bond acceptors (Lipinski definition) is 3. The molecule has 4 rings (SSSR count). The molecule has 28 heavy (non-hydrogen) atoms. The summed E-state index contributed by atoms with van der Waals surface area (Å²) in [6.07, 6.45) is 5.54. The van der Waals surface area contributed by atoms with E-state index >= 15 is 0 Å². The zero-order valence-corrected chi connectivity index (χ0v) is 18.3. The first kappa shape index (κ1) is 19.9. The minimum absolute atomic E-state index is 0.337. The number of carbonyl (C=O) groups is 1. The standard InChI is InChI=1S/C25H38N2O/c1-18(2)21-5-7-23(8-6-21)27-16-25(17-27)14-20(15-25)13-24(28)22-9-11-26(12-10-22)19(3)4/h5-8,18-20,22H,9-17H2,1-4H3.